The molecule has 0 bridgehead atoms. The Balaban J connectivity index is 2.29. The molecule has 2 unspecified atom stereocenters. The number of hydrogen-bond acceptors (Lipinski definition) is 2. The second-order valence-corrected chi connectivity index (χ2v) is 6.24. The third-order valence-corrected chi connectivity index (χ3v) is 4.09. The second-order valence-electron chi connectivity index (χ2n) is 6.24. The van der Waals surface area contributed by atoms with E-state index in [1.807, 2.05) is 0 Å². The highest BCUT2D eigenvalue weighted by Gasteiger charge is 2.36. The summed E-state index contributed by atoms with van der Waals surface area (Å²) in [7, 11) is 2.07. The van der Waals surface area contributed by atoms with Crippen molar-refractivity contribution in [1.29, 1.82) is 0 Å². The molecule has 0 aliphatic heterocycles. The minimum Gasteiger partial charge on any atom is -0.315 e. The highest BCUT2D eigenvalue weighted by molar-refractivity contribution is 5.09. The van der Waals surface area contributed by atoms with E-state index in [0.29, 0.717) is 17.5 Å². The molecular weight excluding hydrogens is 210 g/mol. The Morgan fingerprint density at radius 2 is 2.12 bits per heavy atom. The van der Waals surface area contributed by atoms with E-state index in [0.717, 1.165) is 5.69 Å². The fourth-order valence-electron chi connectivity index (χ4n) is 3.12. The first-order valence-electron chi connectivity index (χ1n) is 6.63. The van der Waals surface area contributed by atoms with Gasteiger partial charge in [-0.05, 0) is 51.6 Å². The van der Waals surface area contributed by atoms with Gasteiger partial charge in [0.25, 0.3) is 0 Å². The van der Waals surface area contributed by atoms with E-state index >= 15 is 0 Å². The quantitative estimate of drug-likeness (QED) is 0.854. The van der Waals surface area contributed by atoms with Crippen LogP contribution in [0.3, 0.4) is 0 Å². The zero-order chi connectivity index (χ0) is 12.6. The van der Waals surface area contributed by atoms with Gasteiger partial charge in [-0.3, -0.25) is 4.68 Å². The average Bonchev–Trinajstić information content (AvgIpc) is 2.56. The Morgan fingerprint density at radius 1 is 1.41 bits per heavy atom. The van der Waals surface area contributed by atoms with E-state index in [-0.39, 0.29) is 0 Å². The van der Waals surface area contributed by atoms with Crippen LogP contribution in [0.25, 0.3) is 0 Å². The Labute approximate surface area is 105 Å². The molecule has 1 aliphatic rings. The van der Waals surface area contributed by atoms with Crippen molar-refractivity contribution in [3.63, 3.8) is 0 Å². The number of aryl methyl sites for hydroxylation is 2. The van der Waals surface area contributed by atoms with Crippen LogP contribution in [-0.2, 0) is 0 Å². The zero-order valence-corrected chi connectivity index (χ0v) is 11.7. The summed E-state index contributed by atoms with van der Waals surface area (Å²) in [5, 5.41) is 8.14. The zero-order valence-electron chi connectivity index (χ0n) is 11.7. The number of nitrogens with one attached hydrogen (secondary N) is 1. The van der Waals surface area contributed by atoms with Crippen LogP contribution < -0.4 is 5.32 Å². The van der Waals surface area contributed by atoms with E-state index in [1.165, 1.54) is 25.0 Å². The van der Waals surface area contributed by atoms with Gasteiger partial charge < -0.3 is 5.32 Å². The lowest BCUT2D eigenvalue weighted by Gasteiger charge is -2.41. The summed E-state index contributed by atoms with van der Waals surface area (Å²) >= 11 is 0. The molecule has 1 aromatic rings. The number of likely N-dealkylation sites (N-methyl/N-ethyl adjacent to an activating group) is 1. The summed E-state index contributed by atoms with van der Waals surface area (Å²) in [5.41, 5.74) is 2.84. The lowest BCUT2D eigenvalue weighted by atomic mass is 9.73. The van der Waals surface area contributed by atoms with Gasteiger partial charge in [-0.15, -0.1) is 0 Å². The molecule has 1 heterocycles. The van der Waals surface area contributed by atoms with Gasteiger partial charge in [0.05, 0.1) is 11.7 Å². The summed E-state index contributed by atoms with van der Waals surface area (Å²) in [6.07, 6.45) is 3.75. The van der Waals surface area contributed by atoms with Crippen LogP contribution in [0.15, 0.2) is 6.07 Å². The average molecular weight is 235 g/mol. The van der Waals surface area contributed by atoms with Crippen LogP contribution in [0, 0.1) is 19.3 Å². The Morgan fingerprint density at radius 3 is 2.65 bits per heavy atom. The van der Waals surface area contributed by atoms with E-state index in [1.54, 1.807) is 0 Å². The predicted octanol–water partition coefficient (Wildman–Crippen LogP) is 2.84. The summed E-state index contributed by atoms with van der Waals surface area (Å²) < 4.78 is 2.23. The molecule has 96 valence electrons. The molecule has 17 heavy (non-hydrogen) atoms. The van der Waals surface area contributed by atoms with Gasteiger partial charge in [0, 0.05) is 11.7 Å². The third kappa shape index (κ3) is 2.54. The number of nitrogens with zero attached hydrogens (tertiary/aromatic N) is 2. The van der Waals surface area contributed by atoms with Crippen molar-refractivity contribution in [3.8, 4) is 0 Å². The van der Waals surface area contributed by atoms with Crippen molar-refractivity contribution in [2.45, 2.75) is 59.0 Å². The highest BCUT2D eigenvalue weighted by atomic mass is 15.3. The largest absolute Gasteiger partial charge is 0.315 e. The minimum absolute atomic E-state index is 0.435. The van der Waals surface area contributed by atoms with Crippen molar-refractivity contribution < 1.29 is 0 Å². The van der Waals surface area contributed by atoms with Gasteiger partial charge in [-0.1, -0.05) is 13.8 Å². The first-order valence-corrected chi connectivity index (χ1v) is 6.63. The van der Waals surface area contributed by atoms with Crippen LogP contribution in [0.2, 0.25) is 0 Å². The SMILES string of the molecule is CNC1CCC(C)(C)CC1n1nc(C)cc1C. The maximum absolute atomic E-state index is 4.67. The maximum Gasteiger partial charge on any atom is 0.0680 e. The van der Waals surface area contributed by atoms with E-state index in [9.17, 15) is 0 Å². The molecule has 1 aliphatic carbocycles. The van der Waals surface area contributed by atoms with Crippen LogP contribution in [0.5, 0.6) is 0 Å². The second kappa shape index (κ2) is 4.45. The summed E-state index contributed by atoms with van der Waals surface area (Å²) in [4.78, 5) is 0. The topological polar surface area (TPSA) is 29.9 Å². The number of hydrogen-bond donors (Lipinski definition) is 1. The molecule has 0 saturated heterocycles. The number of aromatic nitrogens is 2. The van der Waals surface area contributed by atoms with Crippen LogP contribution in [0.4, 0.5) is 0 Å². The van der Waals surface area contributed by atoms with Crippen molar-refractivity contribution >= 4 is 0 Å². The molecule has 1 saturated carbocycles. The fraction of sp³-hybridized carbons (Fsp3) is 0.786. The van der Waals surface area contributed by atoms with Gasteiger partial charge >= 0.3 is 0 Å². The van der Waals surface area contributed by atoms with Crippen molar-refractivity contribution in [2.24, 2.45) is 5.41 Å². The Hall–Kier alpha value is -0.830. The molecule has 0 radical (unpaired) electrons. The van der Waals surface area contributed by atoms with E-state index in [4.69, 9.17) is 0 Å². The lowest BCUT2D eigenvalue weighted by molar-refractivity contribution is 0.137. The molecule has 2 rings (SSSR count). The summed E-state index contributed by atoms with van der Waals surface area (Å²) in [5.74, 6) is 0. The fourth-order valence-corrected chi connectivity index (χ4v) is 3.12. The summed E-state index contributed by atoms with van der Waals surface area (Å²) in [6, 6.07) is 3.23. The van der Waals surface area contributed by atoms with Crippen molar-refractivity contribution in [3.05, 3.63) is 17.5 Å². The Kier molecular flexibility index (Phi) is 3.30. The first kappa shape index (κ1) is 12.6. The van der Waals surface area contributed by atoms with Gasteiger partial charge in [-0.25, -0.2) is 0 Å². The van der Waals surface area contributed by atoms with E-state index < -0.39 is 0 Å². The van der Waals surface area contributed by atoms with Crippen LogP contribution in [0.1, 0.15) is 50.5 Å². The molecule has 3 heteroatoms. The summed E-state index contributed by atoms with van der Waals surface area (Å²) in [6.45, 7) is 8.98. The lowest BCUT2D eigenvalue weighted by Crippen LogP contribution is -2.43. The molecule has 3 nitrogen and oxygen atoms in total. The monoisotopic (exact) mass is 235 g/mol. The third-order valence-electron chi connectivity index (χ3n) is 4.09. The van der Waals surface area contributed by atoms with Gasteiger partial charge in [0.1, 0.15) is 0 Å². The smallest absolute Gasteiger partial charge is 0.0680 e. The normalized spacial score (nSPS) is 28.3. The molecule has 0 spiro atoms. The molecule has 1 N–H and O–H groups in total. The minimum atomic E-state index is 0.435. The standard InChI is InChI=1S/C14H25N3/c1-10-8-11(2)17(16-10)13-9-14(3,4)7-6-12(13)15-5/h8,12-13,15H,6-7,9H2,1-5H3. The maximum atomic E-state index is 4.67. The van der Waals surface area contributed by atoms with Crippen LogP contribution in [-0.4, -0.2) is 22.9 Å². The van der Waals surface area contributed by atoms with Crippen molar-refractivity contribution in [2.75, 3.05) is 7.05 Å². The van der Waals surface area contributed by atoms with Gasteiger partial charge in [0.15, 0.2) is 0 Å². The molecule has 1 aromatic heterocycles. The molecule has 0 aromatic carbocycles. The molecule has 2 atom stereocenters. The molecule has 0 amide bonds. The highest BCUT2D eigenvalue weighted by Crippen LogP contribution is 2.41. The first-order chi connectivity index (χ1) is 7.93. The van der Waals surface area contributed by atoms with Crippen LogP contribution >= 0.6 is 0 Å². The molecular formula is C14H25N3. The van der Waals surface area contributed by atoms with Gasteiger partial charge in [-0.2, -0.15) is 5.10 Å². The van der Waals surface area contributed by atoms with E-state index in [2.05, 4.69) is 55.9 Å². The predicted molar refractivity (Wildman–Crippen MR) is 71.2 cm³/mol. The number of rotatable bonds is 2. The van der Waals surface area contributed by atoms with Crippen molar-refractivity contribution in [1.82, 2.24) is 15.1 Å². The van der Waals surface area contributed by atoms with Gasteiger partial charge in [0.2, 0.25) is 0 Å². The Bertz CT molecular complexity index is 392. The molecule has 1 fully saturated rings.